The minimum atomic E-state index is -1.24. The van der Waals surface area contributed by atoms with E-state index in [0.29, 0.717) is 24.1 Å². The molecular weight excluding hydrogens is 250 g/mol. The van der Waals surface area contributed by atoms with Crippen molar-refractivity contribution in [2.45, 2.75) is 13.3 Å². The fourth-order valence-electron chi connectivity index (χ4n) is 1.77. The Morgan fingerprint density at radius 3 is 2.79 bits per heavy atom. The molecule has 0 radical (unpaired) electrons. The van der Waals surface area contributed by atoms with Crippen LogP contribution >= 0.6 is 0 Å². The SMILES string of the molecule is CCc1c(C=O)nnn1-c1ccc(O)c(C(=O)O)c1. The van der Waals surface area contributed by atoms with E-state index < -0.39 is 5.97 Å². The third-order valence-electron chi connectivity index (χ3n) is 2.69. The first-order chi connectivity index (χ1) is 9.08. The van der Waals surface area contributed by atoms with Crippen LogP contribution in [0.2, 0.25) is 0 Å². The lowest BCUT2D eigenvalue weighted by Crippen LogP contribution is -2.05. The Kier molecular flexibility index (Phi) is 3.28. The van der Waals surface area contributed by atoms with Crippen LogP contribution in [0.3, 0.4) is 0 Å². The first-order valence-corrected chi connectivity index (χ1v) is 5.55. The van der Waals surface area contributed by atoms with Crippen LogP contribution in [-0.2, 0) is 6.42 Å². The molecule has 0 bridgehead atoms. The van der Waals surface area contributed by atoms with Crippen LogP contribution in [-0.4, -0.2) is 37.5 Å². The molecule has 1 heterocycles. The van der Waals surface area contributed by atoms with Gasteiger partial charge in [0, 0.05) is 0 Å². The van der Waals surface area contributed by atoms with E-state index in [9.17, 15) is 14.7 Å². The minimum Gasteiger partial charge on any atom is -0.507 e. The molecule has 2 rings (SSSR count). The summed E-state index contributed by atoms with van der Waals surface area (Å²) >= 11 is 0. The Bertz CT molecular complexity index is 648. The standard InChI is InChI=1S/C12H11N3O4/c1-2-10-9(6-16)13-14-15(10)7-3-4-11(17)8(5-7)12(18)19/h3-6,17H,2H2,1H3,(H,18,19). The van der Waals surface area contributed by atoms with E-state index in [2.05, 4.69) is 10.3 Å². The minimum absolute atomic E-state index is 0.215. The van der Waals surface area contributed by atoms with Crippen LogP contribution in [0.15, 0.2) is 18.2 Å². The number of aldehydes is 1. The summed E-state index contributed by atoms with van der Waals surface area (Å²) in [6.07, 6.45) is 1.12. The van der Waals surface area contributed by atoms with Crippen molar-refractivity contribution in [3.05, 3.63) is 35.2 Å². The molecule has 0 aliphatic carbocycles. The molecule has 0 aliphatic heterocycles. The van der Waals surface area contributed by atoms with Gasteiger partial charge in [0.25, 0.3) is 0 Å². The first kappa shape index (κ1) is 12.7. The Morgan fingerprint density at radius 1 is 1.47 bits per heavy atom. The Morgan fingerprint density at radius 2 is 2.21 bits per heavy atom. The molecule has 19 heavy (non-hydrogen) atoms. The van der Waals surface area contributed by atoms with Gasteiger partial charge in [-0.15, -0.1) is 5.10 Å². The maximum atomic E-state index is 11.0. The number of aromatic carboxylic acids is 1. The summed E-state index contributed by atoms with van der Waals surface area (Å²) in [5.41, 5.74) is 0.986. The second-order valence-corrected chi connectivity index (χ2v) is 3.81. The molecule has 0 aliphatic rings. The molecular formula is C12H11N3O4. The van der Waals surface area contributed by atoms with Crippen molar-refractivity contribution in [3.8, 4) is 11.4 Å². The van der Waals surface area contributed by atoms with Crippen molar-refractivity contribution in [1.29, 1.82) is 0 Å². The van der Waals surface area contributed by atoms with E-state index in [4.69, 9.17) is 5.11 Å². The molecule has 1 aromatic carbocycles. The van der Waals surface area contributed by atoms with Gasteiger partial charge in [0.1, 0.15) is 17.0 Å². The zero-order chi connectivity index (χ0) is 14.0. The van der Waals surface area contributed by atoms with E-state index in [1.54, 1.807) is 0 Å². The summed E-state index contributed by atoms with van der Waals surface area (Å²) in [7, 11) is 0. The molecule has 0 unspecified atom stereocenters. The molecule has 0 spiro atoms. The molecule has 2 N–H and O–H groups in total. The third kappa shape index (κ3) is 2.17. The number of hydrogen-bond acceptors (Lipinski definition) is 5. The highest BCUT2D eigenvalue weighted by Crippen LogP contribution is 2.21. The van der Waals surface area contributed by atoms with Gasteiger partial charge in [-0.25, -0.2) is 9.48 Å². The number of hydrogen-bond donors (Lipinski definition) is 2. The van der Waals surface area contributed by atoms with Crippen molar-refractivity contribution in [2.24, 2.45) is 0 Å². The zero-order valence-corrected chi connectivity index (χ0v) is 10.1. The first-order valence-electron chi connectivity index (χ1n) is 5.55. The van der Waals surface area contributed by atoms with Gasteiger partial charge >= 0.3 is 5.97 Å². The lowest BCUT2D eigenvalue weighted by atomic mass is 10.1. The maximum Gasteiger partial charge on any atom is 0.339 e. The molecule has 0 fully saturated rings. The highest BCUT2D eigenvalue weighted by molar-refractivity contribution is 5.91. The Labute approximate surface area is 108 Å². The zero-order valence-electron chi connectivity index (χ0n) is 10.1. The van der Waals surface area contributed by atoms with Gasteiger partial charge in [-0.2, -0.15) is 0 Å². The summed E-state index contributed by atoms with van der Waals surface area (Å²) in [5.74, 6) is -1.57. The van der Waals surface area contributed by atoms with E-state index in [0.717, 1.165) is 0 Å². The monoisotopic (exact) mass is 261 g/mol. The van der Waals surface area contributed by atoms with Crippen LogP contribution in [0.4, 0.5) is 0 Å². The predicted molar refractivity (Wildman–Crippen MR) is 64.7 cm³/mol. The molecule has 0 saturated carbocycles. The number of carbonyl (C=O) groups is 2. The number of carboxylic acid groups (broad SMARTS) is 1. The largest absolute Gasteiger partial charge is 0.507 e. The van der Waals surface area contributed by atoms with Gasteiger partial charge in [0.2, 0.25) is 0 Å². The average molecular weight is 261 g/mol. The molecule has 1 aromatic heterocycles. The van der Waals surface area contributed by atoms with Gasteiger partial charge in [0.05, 0.1) is 11.4 Å². The topological polar surface area (TPSA) is 105 Å². The summed E-state index contributed by atoms with van der Waals surface area (Å²) in [6.45, 7) is 1.83. The van der Waals surface area contributed by atoms with Gasteiger partial charge < -0.3 is 10.2 Å². The number of aromatic hydroxyl groups is 1. The number of rotatable bonds is 4. The Balaban J connectivity index is 2.59. The number of nitrogens with zero attached hydrogens (tertiary/aromatic N) is 3. The van der Waals surface area contributed by atoms with Gasteiger partial charge in [-0.1, -0.05) is 12.1 Å². The Hall–Kier alpha value is -2.70. The molecule has 7 nitrogen and oxygen atoms in total. The van der Waals surface area contributed by atoms with Gasteiger partial charge in [0.15, 0.2) is 6.29 Å². The lowest BCUT2D eigenvalue weighted by molar-refractivity contribution is 0.0693. The number of aromatic nitrogens is 3. The van der Waals surface area contributed by atoms with Crippen molar-refractivity contribution >= 4 is 12.3 Å². The summed E-state index contributed by atoms with van der Waals surface area (Å²) < 4.78 is 1.38. The maximum absolute atomic E-state index is 11.0. The summed E-state index contributed by atoms with van der Waals surface area (Å²) in [6, 6.07) is 4.05. The highest BCUT2D eigenvalue weighted by Gasteiger charge is 2.15. The molecule has 0 amide bonds. The van der Waals surface area contributed by atoms with Gasteiger partial charge in [-0.3, -0.25) is 4.79 Å². The normalized spacial score (nSPS) is 10.4. The van der Waals surface area contributed by atoms with Crippen molar-refractivity contribution in [2.75, 3.05) is 0 Å². The predicted octanol–water partition coefficient (Wildman–Crippen LogP) is 1.05. The van der Waals surface area contributed by atoms with Crippen LogP contribution in [0.25, 0.3) is 5.69 Å². The fourth-order valence-corrected chi connectivity index (χ4v) is 1.77. The van der Waals surface area contributed by atoms with Crippen LogP contribution in [0.5, 0.6) is 5.75 Å². The second-order valence-electron chi connectivity index (χ2n) is 3.81. The molecule has 0 saturated heterocycles. The average Bonchev–Trinajstić information content (AvgIpc) is 2.81. The lowest BCUT2D eigenvalue weighted by Gasteiger charge is -2.07. The van der Waals surface area contributed by atoms with E-state index >= 15 is 0 Å². The van der Waals surface area contributed by atoms with E-state index in [-0.39, 0.29) is 17.0 Å². The molecule has 7 heteroatoms. The second kappa shape index (κ2) is 4.89. The number of carboxylic acids is 1. The fraction of sp³-hybridized carbons (Fsp3) is 0.167. The van der Waals surface area contributed by atoms with E-state index in [1.165, 1.54) is 22.9 Å². The van der Waals surface area contributed by atoms with Crippen molar-refractivity contribution < 1.29 is 19.8 Å². The summed E-state index contributed by atoms with van der Waals surface area (Å²) in [4.78, 5) is 21.8. The quantitative estimate of drug-likeness (QED) is 0.797. The summed E-state index contributed by atoms with van der Waals surface area (Å²) in [5, 5.41) is 25.9. The number of phenols is 1. The van der Waals surface area contributed by atoms with Crippen LogP contribution < -0.4 is 0 Å². The van der Waals surface area contributed by atoms with Crippen molar-refractivity contribution in [1.82, 2.24) is 15.0 Å². The highest BCUT2D eigenvalue weighted by atomic mass is 16.4. The smallest absolute Gasteiger partial charge is 0.339 e. The van der Waals surface area contributed by atoms with Crippen molar-refractivity contribution in [3.63, 3.8) is 0 Å². The molecule has 98 valence electrons. The van der Waals surface area contributed by atoms with Gasteiger partial charge in [-0.05, 0) is 24.6 Å². The number of benzene rings is 1. The molecule has 2 aromatic rings. The van der Waals surface area contributed by atoms with E-state index in [1.807, 2.05) is 6.92 Å². The van der Waals surface area contributed by atoms with Crippen LogP contribution in [0.1, 0.15) is 33.5 Å². The molecule has 0 atom stereocenters. The van der Waals surface area contributed by atoms with Crippen LogP contribution in [0, 0.1) is 0 Å². The number of carbonyl (C=O) groups excluding carboxylic acids is 1. The third-order valence-corrected chi connectivity index (χ3v) is 2.69.